The van der Waals surface area contributed by atoms with Gasteiger partial charge in [0.1, 0.15) is 0 Å². The van der Waals surface area contributed by atoms with Gasteiger partial charge in [-0.1, -0.05) is 0 Å². The Labute approximate surface area is 72.8 Å². The van der Waals surface area contributed by atoms with Crippen LogP contribution in [0.15, 0.2) is 0 Å². The van der Waals surface area contributed by atoms with E-state index in [-0.39, 0.29) is 0 Å². The Morgan fingerprint density at radius 3 is 2.09 bits per heavy atom. The molecule has 0 saturated carbocycles. The third-order valence-electron chi connectivity index (χ3n) is 4.13. The standard InChI is InChI=1S/C9H22BP/c1-8-6-5-7-11(8,10)9(2,3)4/h8,11H,5-7,10H2,1-4H3. The van der Waals surface area contributed by atoms with Gasteiger partial charge in [0.2, 0.25) is 0 Å². The van der Waals surface area contributed by atoms with Gasteiger partial charge in [0.25, 0.3) is 0 Å². The molecule has 1 unspecified atom stereocenters. The van der Waals surface area contributed by atoms with Gasteiger partial charge in [-0.25, -0.2) is 0 Å². The molecule has 1 heterocycles. The third-order valence-corrected chi connectivity index (χ3v) is 11.4. The van der Waals surface area contributed by atoms with Crippen LogP contribution in [0.5, 0.6) is 0 Å². The van der Waals surface area contributed by atoms with Gasteiger partial charge in [-0.3, -0.25) is 0 Å². The van der Waals surface area contributed by atoms with E-state index in [2.05, 4.69) is 35.3 Å². The summed E-state index contributed by atoms with van der Waals surface area (Å²) in [5, 5.41) is 0.628. The molecule has 0 bridgehead atoms. The van der Waals surface area contributed by atoms with Crippen LogP contribution in [0.25, 0.3) is 0 Å². The average Bonchev–Trinajstić information content (AvgIpc) is 2.12. The molecule has 11 heavy (non-hydrogen) atoms. The summed E-state index contributed by atoms with van der Waals surface area (Å²) < 4.78 is 0. The first kappa shape index (κ1) is 9.58. The van der Waals surface area contributed by atoms with Crippen molar-refractivity contribution < 1.29 is 0 Å². The molecule has 66 valence electrons. The van der Waals surface area contributed by atoms with Crippen LogP contribution in [0.3, 0.4) is 0 Å². The summed E-state index contributed by atoms with van der Waals surface area (Å²) in [5.41, 5.74) is 1.06. The summed E-state index contributed by atoms with van der Waals surface area (Å²) in [4.78, 5) is 0. The Balaban J connectivity index is 2.81. The van der Waals surface area contributed by atoms with Crippen molar-refractivity contribution in [3.05, 3.63) is 0 Å². The Morgan fingerprint density at radius 1 is 1.36 bits per heavy atom. The van der Waals surface area contributed by atoms with Crippen molar-refractivity contribution in [3.63, 3.8) is 0 Å². The molecule has 0 aromatic carbocycles. The first-order chi connectivity index (χ1) is 4.88. The predicted octanol–water partition coefficient (Wildman–Crippen LogP) is 2.27. The quantitative estimate of drug-likeness (QED) is 0.388. The molecule has 1 aliphatic heterocycles. The molecule has 1 atom stereocenters. The molecule has 1 aliphatic rings. The fourth-order valence-corrected chi connectivity index (χ4v) is 6.96. The van der Waals surface area contributed by atoms with Gasteiger partial charge in [0.05, 0.1) is 0 Å². The predicted molar refractivity (Wildman–Crippen MR) is 60.2 cm³/mol. The van der Waals surface area contributed by atoms with Gasteiger partial charge in [0, 0.05) is 0 Å². The summed E-state index contributed by atoms with van der Waals surface area (Å²) >= 11 is 0. The number of hydrogen-bond acceptors (Lipinski definition) is 0. The van der Waals surface area contributed by atoms with E-state index in [1.165, 1.54) is 12.8 Å². The molecule has 0 spiro atoms. The summed E-state index contributed by atoms with van der Waals surface area (Å²) in [7, 11) is 1.71. The van der Waals surface area contributed by atoms with Crippen molar-refractivity contribution >= 4 is 14.7 Å². The van der Waals surface area contributed by atoms with E-state index < -0.39 is 7.14 Å². The minimum absolute atomic E-state index is 0.628. The Morgan fingerprint density at radius 2 is 1.91 bits per heavy atom. The Kier molecular flexibility index (Phi) is 2.41. The first-order valence-corrected chi connectivity index (χ1v) is 7.66. The maximum atomic E-state index is 2.60. The van der Waals surface area contributed by atoms with E-state index in [0.29, 0.717) is 5.16 Å². The second kappa shape index (κ2) is 2.77. The van der Waals surface area contributed by atoms with Crippen LogP contribution in [-0.4, -0.2) is 24.5 Å². The van der Waals surface area contributed by atoms with Gasteiger partial charge in [-0.05, 0) is 0 Å². The van der Waals surface area contributed by atoms with Crippen LogP contribution >= 0.6 is 7.14 Å². The fourth-order valence-electron chi connectivity index (χ4n) is 2.45. The molecule has 0 aromatic heterocycles. The van der Waals surface area contributed by atoms with Gasteiger partial charge in [-0.2, -0.15) is 0 Å². The fraction of sp³-hybridized carbons (Fsp3) is 1.00. The molecular formula is C9H22BP. The van der Waals surface area contributed by atoms with Crippen LogP contribution in [0.1, 0.15) is 40.5 Å². The van der Waals surface area contributed by atoms with E-state index in [1.54, 1.807) is 6.16 Å². The van der Waals surface area contributed by atoms with Crippen LogP contribution in [0.2, 0.25) is 0 Å². The average molecular weight is 172 g/mol. The Hall–Kier alpha value is 0.495. The van der Waals surface area contributed by atoms with E-state index in [4.69, 9.17) is 0 Å². The molecule has 0 amide bonds. The number of hydrogen-bond donors (Lipinski definition) is 0. The zero-order valence-corrected chi connectivity index (χ0v) is 9.70. The first-order valence-electron chi connectivity index (χ1n) is 4.88. The Bertz CT molecular complexity index is 150. The number of rotatable bonds is 0. The molecule has 0 aliphatic carbocycles. The molecule has 0 N–H and O–H groups in total. The van der Waals surface area contributed by atoms with Crippen LogP contribution < -0.4 is 0 Å². The van der Waals surface area contributed by atoms with E-state index >= 15 is 0 Å². The molecule has 1 saturated heterocycles. The summed E-state index contributed by atoms with van der Waals surface area (Å²) in [6, 6.07) is 0. The molecular weight excluding hydrogens is 150 g/mol. The summed E-state index contributed by atoms with van der Waals surface area (Å²) in [6.07, 6.45) is 4.57. The van der Waals surface area contributed by atoms with Crippen molar-refractivity contribution in [1.82, 2.24) is 0 Å². The molecule has 2 heteroatoms. The second-order valence-corrected chi connectivity index (χ2v) is 11.3. The minimum atomic E-state index is -0.891. The SMILES string of the molecule is B[PH]1(C(C)(C)C)CCCC1C. The molecule has 0 aromatic rings. The van der Waals surface area contributed by atoms with Crippen molar-refractivity contribution in [1.29, 1.82) is 0 Å². The van der Waals surface area contributed by atoms with Gasteiger partial charge >= 0.3 is 72.2 Å². The monoisotopic (exact) mass is 172 g/mol. The zero-order valence-electron chi connectivity index (χ0n) is 8.70. The third kappa shape index (κ3) is 1.50. The van der Waals surface area contributed by atoms with Gasteiger partial charge in [0.15, 0.2) is 0 Å². The normalized spacial score (nSPS) is 33.6. The maximum absolute atomic E-state index is 2.60. The second-order valence-electron chi connectivity index (χ2n) is 5.46. The van der Waals surface area contributed by atoms with E-state index in [9.17, 15) is 0 Å². The van der Waals surface area contributed by atoms with Crippen LogP contribution in [0.4, 0.5) is 0 Å². The molecule has 0 radical (unpaired) electrons. The van der Waals surface area contributed by atoms with E-state index in [0.717, 1.165) is 5.66 Å². The summed E-state index contributed by atoms with van der Waals surface area (Å²) in [6.45, 7) is 9.81. The molecule has 1 fully saturated rings. The zero-order chi connectivity index (χ0) is 8.70. The van der Waals surface area contributed by atoms with E-state index in [1.807, 2.05) is 0 Å². The van der Waals surface area contributed by atoms with Crippen molar-refractivity contribution in [2.75, 3.05) is 6.16 Å². The topological polar surface area (TPSA) is 0 Å². The molecule has 0 nitrogen and oxygen atoms in total. The van der Waals surface area contributed by atoms with Crippen LogP contribution in [-0.2, 0) is 0 Å². The van der Waals surface area contributed by atoms with Gasteiger partial charge < -0.3 is 0 Å². The van der Waals surface area contributed by atoms with Crippen molar-refractivity contribution in [3.8, 4) is 0 Å². The van der Waals surface area contributed by atoms with Crippen LogP contribution in [0, 0.1) is 0 Å². The van der Waals surface area contributed by atoms with Gasteiger partial charge in [-0.15, -0.1) is 0 Å². The van der Waals surface area contributed by atoms with Crippen molar-refractivity contribution in [2.45, 2.75) is 51.4 Å². The summed E-state index contributed by atoms with van der Waals surface area (Å²) in [5.74, 6) is 0. The molecule has 1 rings (SSSR count). The van der Waals surface area contributed by atoms with Crippen molar-refractivity contribution in [2.24, 2.45) is 0 Å².